The molecule has 0 spiro atoms. The van der Waals surface area contributed by atoms with Crippen LogP contribution in [0.2, 0.25) is 10.6 Å². The van der Waals surface area contributed by atoms with Crippen molar-refractivity contribution in [1.82, 2.24) is 45.4 Å². The number of primary sulfonamides is 2. The van der Waals surface area contributed by atoms with E-state index in [1.54, 1.807) is 141 Å². The Labute approximate surface area is 562 Å². The second-order valence-corrected chi connectivity index (χ2v) is 23.5. The summed E-state index contributed by atoms with van der Waals surface area (Å²) in [6, 6.07) is 37.0. The average molecular weight is 1400 g/mol. The minimum Gasteiger partial charge on any atom is -0.487 e. The van der Waals surface area contributed by atoms with Crippen LogP contribution in [0.5, 0.6) is 17.2 Å². The van der Waals surface area contributed by atoms with Gasteiger partial charge in [-0.25, -0.2) is 55.2 Å². The van der Waals surface area contributed by atoms with E-state index in [2.05, 4.69) is 56.0 Å². The van der Waals surface area contributed by atoms with Crippen molar-refractivity contribution in [3.63, 3.8) is 0 Å². The maximum absolute atomic E-state index is 14.6. The Morgan fingerprint density at radius 2 is 0.938 bits per heavy atom. The first-order valence-electron chi connectivity index (χ1n) is 27.1. The second-order valence-electron chi connectivity index (χ2n) is 19.7. The Hall–Kier alpha value is -10.4. The predicted molar refractivity (Wildman–Crippen MR) is 360 cm³/mol. The summed E-state index contributed by atoms with van der Waals surface area (Å²) in [5, 5.41) is 27.4. The lowest BCUT2D eigenvalue weighted by Crippen LogP contribution is -2.15. The molecule has 6 aromatic heterocycles. The third kappa shape index (κ3) is 22.4. The molecule has 33 heteroatoms. The number of nitrogen functional groups attached to an aromatic ring is 1. The first-order valence-corrected chi connectivity index (χ1v) is 30.9. The molecule has 5 aromatic carbocycles. The zero-order chi connectivity index (χ0) is 67.0. The first-order chi connectivity index (χ1) is 44.2. The number of nitrogens with two attached hydrogens (primary N) is 3. The molecule has 0 aliphatic rings. The van der Waals surface area contributed by atoms with Gasteiger partial charge in [0.1, 0.15) is 71.4 Å². The van der Waals surface area contributed by atoms with Crippen LogP contribution < -0.4 is 50.7 Å². The van der Waals surface area contributed by atoms with Crippen LogP contribution in [0.15, 0.2) is 175 Å². The van der Waals surface area contributed by atoms with Crippen molar-refractivity contribution in [2.24, 2.45) is 10.3 Å². The van der Waals surface area contributed by atoms with Gasteiger partial charge in [0.25, 0.3) is 0 Å². The van der Waals surface area contributed by atoms with Gasteiger partial charge in [-0.3, -0.25) is 0 Å². The minimum absolute atomic E-state index is 0. The number of benzene rings is 5. The number of nitrogens with one attached hydrogen (secondary N) is 2. The van der Waals surface area contributed by atoms with E-state index < -0.39 is 37.5 Å². The summed E-state index contributed by atoms with van der Waals surface area (Å²) in [6.07, 6.45) is 3.08. The highest BCUT2D eigenvalue weighted by Gasteiger charge is 2.18. The van der Waals surface area contributed by atoms with Crippen LogP contribution in [0, 0.1) is 45.1 Å². The van der Waals surface area contributed by atoms with Gasteiger partial charge in [-0.2, -0.15) is 15.0 Å². The molecule has 0 unspecified atom stereocenters. The number of ether oxygens (including phenoxy) is 3. The second kappa shape index (κ2) is 34.6. The summed E-state index contributed by atoms with van der Waals surface area (Å²) in [4.78, 5) is 26.2. The SMILES string of the molecule is C.C.C.Cc1cc(COc2ccc(N(C)c3nc(Cl)ncc3F)cc2)no1.Cc1cc(COc2ccc(N(C)c3nc(Nc4ccc(C)c(S(N)(=O)=O)c4)ncc3F)cc2)no1.Cc1cc(COc2ccc(Nc3nc(Cl)ncc3F)cc2)no1.Nc1cccc(S(N)(=O)=O)c1. The molecule has 0 atom stereocenters. The number of hydrogen-bond donors (Lipinski definition) is 5. The van der Waals surface area contributed by atoms with Crippen molar-refractivity contribution in [1.29, 1.82) is 0 Å². The zero-order valence-corrected chi connectivity index (χ0v) is 53.1. The summed E-state index contributed by atoms with van der Waals surface area (Å²) in [5.41, 5.74) is 10.7. The lowest BCUT2D eigenvalue weighted by molar-refractivity contribution is 0.287. The van der Waals surface area contributed by atoms with Gasteiger partial charge in [0, 0.05) is 60.7 Å². The molecule has 8 N–H and O–H groups in total. The molecule has 0 aliphatic heterocycles. The van der Waals surface area contributed by atoms with Crippen LogP contribution in [-0.2, 0) is 39.9 Å². The third-order valence-electron chi connectivity index (χ3n) is 12.5. The van der Waals surface area contributed by atoms with E-state index >= 15 is 0 Å². The van der Waals surface area contributed by atoms with Gasteiger partial charge < -0.3 is 53.9 Å². The fourth-order valence-corrected chi connectivity index (χ4v) is 9.58. The molecule has 0 amide bonds. The molecule has 0 fully saturated rings. The average Bonchev–Trinajstić information content (AvgIpc) is 1.30. The van der Waals surface area contributed by atoms with E-state index in [4.69, 9.17) is 67.0 Å². The molecular weight excluding hydrogens is 1330 g/mol. The van der Waals surface area contributed by atoms with Gasteiger partial charge in [-0.05, 0) is 160 Å². The third-order valence-corrected chi connectivity index (χ3v) is 14.8. The number of aryl methyl sites for hydroxylation is 4. The van der Waals surface area contributed by atoms with Crippen molar-refractivity contribution in [3.05, 3.63) is 220 Å². The van der Waals surface area contributed by atoms with E-state index in [1.807, 2.05) is 19.9 Å². The Morgan fingerprint density at radius 1 is 0.510 bits per heavy atom. The largest absolute Gasteiger partial charge is 0.487 e. The molecule has 26 nitrogen and oxygen atoms in total. The molecular formula is C63H69Cl2F3N16O10S2. The number of hydrogen-bond acceptors (Lipinski definition) is 24. The van der Waals surface area contributed by atoms with Gasteiger partial charge in [-0.1, -0.05) is 49.9 Å². The fourth-order valence-electron chi connectivity index (χ4n) is 7.94. The highest BCUT2D eigenvalue weighted by atomic mass is 35.5. The summed E-state index contributed by atoms with van der Waals surface area (Å²) in [5.74, 6) is 2.53. The standard InChI is InChI=1S/C23H23FN6O4S.C16H14ClFN4O2.C15H12ClFN4O2.C6H8N2O2S.3CH4/c1-14-4-5-16(11-21(14)35(25,31)32)27-23-26-12-20(24)22(28-23)30(3)18-6-8-19(9-7-18)33-13-17-10-15(2)34-29-17;1-10-7-11(21-24-10)9-23-13-5-3-12(4-6-13)22(2)15-14(18)8-19-16(17)20-15;1-9-6-11(21-23-9)8-22-12-4-2-10(3-5-12)19-14-13(17)7-18-15(16)20-14;7-5-2-1-3-6(4-5)11(8,9)10;;;/h4-12H,13H2,1-3H3,(H2,25,31,32)(H,26,27,28);3-8H,9H2,1-2H3;2-7H,8H2,1H3,(H,18,19,20);1-4H,7H2,(H2,8,9,10);3*1H4. The van der Waals surface area contributed by atoms with Crippen molar-refractivity contribution in [3.8, 4) is 17.2 Å². The summed E-state index contributed by atoms with van der Waals surface area (Å²) < 4.78 is 119. The molecule has 0 saturated heterocycles. The zero-order valence-electron chi connectivity index (χ0n) is 50.0. The van der Waals surface area contributed by atoms with E-state index in [0.29, 0.717) is 81.6 Å². The maximum Gasteiger partial charge on any atom is 0.238 e. The van der Waals surface area contributed by atoms with Crippen LogP contribution in [-0.4, -0.2) is 76.3 Å². The van der Waals surface area contributed by atoms with Gasteiger partial charge in [0.15, 0.2) is 34.9 Å². The molecule has 11 rings (SSSR count). The number of rotatable bonds is 19. The normalized spacial score (nSPS) is 10.6. The molecule has 0 radical (unpaired) electrons. The number of aromatic nitrogens is 9. The molecule has 0 saturated carbocycles. The van der Waals surface area contributed by atoms with Crippen molar-refractivity contribution in [2.45, 2.75) is 79.6 Å². The van der Waals surface area contributed by atoms with Crippen LogP contribution in [0.3, 0.4) is 0 Å². The summed E-state index contributed by atoms with van der Waals surface area (Å²) in [6.45, 7) is 7.94. The predicted octanol–water partition coefficient (Wildman–Crippen LogP) is 13.6. The van der Waals surface area contributed by atoms with Crippen LogP contribution in [0.1, 0.15) is 62.2 Å². The van der Waals surface area contributed by atoms with E-state index in [1.165, 1.54) is 24.3 Å². The lowest BCUT2D eigenvalue weighted by Gasteiger charge is -2.20. The molecule has 96 heavy (non-hydrogen) atoms. The highest BCUT2D eigenvalue weighted by molar-refractivity contribution is 7.89. The molecule has 6 heterocycles. The van der Waals surface area contributed by atoms with Gasteiger partial charge >= 0.3 is 0 Å². The number of sulfonamides is 2. The Morgan fingerprint density at radius 3 is 1.36 bits per heavy atom. The Kier molecular flexibility index (Phi) is 27.5. The molecule has 0 aliphatic carbocycles. The van der Waals surface area contributed by atoms with Crippen LogP contribution >= 0.6 is 23.2 Å². The minimum atomic E-state index is -3.90. The van der Waals surface area contributed by atoms with Gasteiger partial charge in [0.05, 0.1) is 28.4 Å². The van der Waals surface area contributed by atoms with Gasteiger partial charge in [-0.15, -0.1) is 0 Å². The first kappa shape index (κ1) is 76.3. The maximum atomic E-state index is 14.6. The monoisotopic (exact) mass is 1400 g/mol. The Balaban J connectivity index is 0.000000243. The van der Waals surface area contributed by atoms with E-state index in [-0.39, 0.29) is 72.6 Å². The number of halogens is 5. The highest BCUT2D eigenvalue weighted by Crippen LogP contribution is 2.31. The van der Waals surface area contributed by atoms with Gasteiger partial charge in [0.2, 0.25) is 36.6 Å². The molecule has 0 bridgehead atoms. The lowest BCUT2D eigenvalue weighted by atomic mass is 10.2. The summed E-state index contributed by atoms with van der Waals surface area (Å²) >= 11 is 11.4. The van der Waals surface area contributed by atoms with Crippen molar-refractivity contribution in [2.75, 3.05) is 40.3 Å². The van der Waals surface area contributed by atoms with E-state index in [0.717, 1.165) is 35.8 Å². The summed E-state index contributed by atoms with van der Waals surface area (Å²) in [7, 11) is -4.16. The topological polar surface area (TPSA) is 360 Å². The quantitative estimate of drug-likeness (QED) is 0.0371. The van der Waals surface area contributed by atoms with Crippen LogP contribution in [0.4, 0.5) is 65.0 Å². The van der Waals surface area contributed by atoms with Crippen molar-refractivity contribution < 1.29 is 57.8 Å². The van der Waals surface area contributed by atoms with E-state index in [9.17, 15) is 30.0 Å². The molecule has 11 aromatic rings. The van der Waals surface area contributed by atoms with Crippen LogP contribution in [0.25, 0.3) is 0 Å². The smallest absolute Gasteiger partial charge is 0.238 e. The molecule has 508 valence electrons. The number of nitrogens with zero attached hydrogens (tertiary/aromatic N) is 11. The van der Waals surface area contributed by atoms with Crippen molar-refractivity contribution >= 4 is 95.1 Å². The fraction of sp³-hybridized carbons (Fsp3) is 0.190. The number of anilines is 9. The Bertz CT molecular complexity index is 4560.